The first-order valence-electron chi connectivity index (χ1n) is 6.61. The van der Waals surface area contributed by atoms with Gasteiger partial charge in [0.25, 0.3) is 0 Å². The zero-order valence-corrected chi connectivity index (χ0v) is 15.0. The number of nitrogens with one attached hydrogen (secondary N) is 1. The summed E-state index contributed by atoms with van der Waals surface area (Å²) in [6.45, 7) is 2.55. The summed E-state index contributed by atoms with van der Waals surface area (Å²) in [5.74, 6) is 0.552. The van der Waals surface area contributed by atoms with Crippen molar-refractivity contribution in [2.45, 2.75) is 13.0 Å². The second kappa shape index (κ2) is 7.38. The molecule has 0 aromatic heterocycles. The molecule has 0 amide bonds. The predicted octanol–water partition coefficient (Wildman–Crippen LogP) is 5.06. The van der Waals surface area contributed by atoms with Crippen molar-refractivity contribution in [3.63, 3.8) is 0 Å². The van der Waals surface area contributed by atoms with Gasteiger partial charge in [0.2, 0.25) is 0 Å². The molecule has 0 saturated carbocycles. The van der Waals surface area contributed by atoms with Gasteiger partial charge in [0, 0.05) is 14.5 Å². The van der Waals surface area contributed by atoms with Gasteiger partial charge in [-0.1, -0.05) is 37.9 Å². The minimum atomic E-state index is -0.264. The van der Waals surface area contributed by atoms with Crippen molar-refractivity contribution in [3.8, 4) is 5.75 Å². The molecule has 2 aromatic rings. The van der Waals surface area contributed by atoms with Crippen LogP contribution in [0.1, 0.15) is 24.1 Å². The van der Waals surface area contributed by atoms with Gasteiger partial charge < -0.3 is 10.1 Å². The first kappa shape index (κ1) is 16.5. The molecule has 1 N–H and O–H groups in total. The van der Waals surface area contributed by atoms with Gasteiger partial charge in [-0.25, -0.2) is 4.39 Å². The van der Waals surface area contributed by atoms with Crippen LogP contribution in [0.25, 0.3) is 0 Å². The third-order valence-electron chi connectivity index (χ3n) is 3.14. The summed E-state index contributed by atoms with van der Waals surface area (Å²) in [5.41, 5.74) is 1.96. The Balaban J connectivity index is 2.52. The lowest BCUT2D eigenvalue weighted by Gasteiger charge is -2.22. The number of halogens is 3. The van der Waals surface area contributed by atoms with E-state index in [1.165, 1.54) is 12.1 Å². The summed E-state index contributed by atoms with van der Waals surface area (Å²) >= 11 is 6.93. The van der Waals surface area contributed by atoms with Gasteiger partial charge in [-0.3, -0.25) is 0 Å². The molecule has 0 radical (unpaired) electrons. The Bertz CT molecular complexity index is 634. The second-order valence-corrected chi connectivity index (χ2v) is 6.27. The average molecular weight is 417 g/mol. The molecule has 0 bridgehead atoms. The predicted molar refractivity (Wildman–Crippen MR) is 90.3 cm³/mol. The third-order valence-corrected chi connectivity index (χ3v) is 4.32. The van der Waals surface area contributed by atoms with Gasteiger partial charge in [-0.05, 0) is 49.9 Å². The number of hydrogen-bond donors (Lipinski definition) is 1. The highest BCUT2D eigenvalue weighted by Crippen LogP contribution is 2.35. The Kier molecular flexibility index (Phi) is 5.79. The van der Waals surface area contributed by atoms with Crippen molar-refractivity contribution >= 4 is 31.9 Å². The van der Waals surface area contributed by atoms with Crippen molar-refractivity contribution in [2.24, 2.45) is 0 Å². The molecule has 0 fully saturated rings. The molecular weight excluding hydrogens is 401 g/mol. The van der Waals surface area contributed by atoms with E-state index in [0.717, 1.165) is 25.8 Å². The molecule has 0 aliphatic rings. The van der Waals surface area contributed by atoms with Crippen LogP contribution in [0.2, 0.25) is 0 Å². The Morgan fingerprint density at radius 2 is 1.90 bits per heavy atom. The molecule has 0 aliphatic heterocycles. The molecule has 21 heavy (non-hydrogen) atoms. The smallest absolute Gasteiger partial charge is 0.124 e. The Morgan fingerprint density at radius 1 is 1.14 bits per heavy atom. The number of rotatable bonds is 5. The van der Waals surface area contributed by atoms with Crippen LogP contribution in [0.4, 0.5) is 4.39 Å². The van der Waals surface area contributed by atoms with Crippen LogP contribution < -0.4 is 10.1 Å². The quantitative estimate of drug-likeness (QED) is 0.735. The van der Waals surface area contributed by atoms with Crippen molar-refractivity contribution in [3.05, 3.63) is 62.3 Å². The molecule has 5 heteroatoms. The van der Waals surface area contributed by atoms with Gasteiger partial charge in [0.05, 0.1) is 12.6 Å². The SMILES string of the molecule is CCOc1ccc(Br)cc1C(NC)c1ccc(F)cc1Br. The minimum Gasteiger partial charge on any atom is -0.494 e. The van der Waals surface area contributed by atoms with Crippen LogP contribution in [-0.4, -0.2) is 13.7 Å². The van der Waals surface area contributed by atoms with Crippen LogP contribution in [0.3, 0.4) is 0 Å². The minimum absolute atomic E-state index is 0.0981. The van der Waals surface area contributed by atoms with Gasteiger partial charge >= 0.3 is 0 Å². The average Bonchev–Trinajstić information content (AvgIpc) is 2.45. The number of benzene rings is 2. The number of hydrogen-bond acceptors (Lipinski definition) is 2. The summed E-state index contributed by atoms with van der Waals surface area (Å²) in [5, 5.41) is 3.27. The lowest BCUT2D eigenvalue weighted by molar-refractivity contribution is 0.334. The van der Waals surface area contributed by atoms with E-state index in [2.05, 4.69) is 37.2 Å². The lowest BCUT2D eigenvalue weighted by atomic mass is 9.98. The first-order chi connectivity index (χ1) is 10.1. The zero-order valence-electron chi connectivity index (χ0n) is 11.8. The van der Waals surface area contributed by atoms with Crippen molar-refractivity contribution in [1.82, 2.24) is 5.32 Å². The summed E-state index contributed by atoms with van der Waals surface area (Å²) < 4.78 is 20.7. The molecule has 112 valence electrons. The molecule has 2 aromatic carbocycles. The monoisotopic (exact) mass is 415 g/mol. The van der Waals surface area contributed by atoms with E-state index in [4.69, 9.17) is 4.74 Å². The maximum Gasteiger partial charge on any atom is 0.124 e. The van der Waals surface area contributed by atoms with Crippen molar-refractivity contribution < 1.29 is 9.13 Å². The molecule has 0 spiro atoms. The fraction of sp³-hybridized carbons (Fsp3) is 0.250. The molecule has 0 heterocycles. The molecule has 0 aliphatic carbocycles. The normalized spacial score (nSPS) is 12.2. The van der Waals surface area contributed by atoms with E-state index in [1.54, 1.807) is 6.07 Å². The summed E-state index contributed by atoms with van der Waals surface area (Å²) in [6, 6.07) is 10.5. The van der Waals surface area contributed by atoms with E-state index < -0.39 is 0 Å². The van der Waals surface area contributed by atoms with Crippen LogP contribution in [0, 0.1) is 5.82 Å². The Labute approximate surface area is 141 Å². The van der Waals surface area contributed by atoms with Crippen LogP contribution in [0.5, 0.6) is 5.75 Å². The van der Waals surface area contributed by atoms with E-state index >= 15 is 0 Å². The molecule has 1 unspecified atom stereocenters. The Morgan fingerprint density at radius 3 is 2.52 bits per heavy atom. The summed E-state index contributed by atoms with van der Waals surface area (Å²) in [4.78, 5) is 0. The van der Waals surface area contributed by atoms with E-state index in [9.17, 15) is 4.39 Å². The Hall–Kier alpha value is -0.910. The van der Waals surface area contributed by atoms with Crippen molar-refractivity contribution in [1.29, 1.82) is 0 Å². The van der Waals surface area contributed by atoms with Gasteiger partial charge in [-0.2, -0.15) is 0 Å². The maximum absolute atomic E-state index is 13.3. The highest BCUT2D eigenvalue weighted by molar-refractivity contribution is 9.10. The van der Waals surface area contributed by atoms with Crippen LogP contribution in [-0.2, 0) is 0 Å². The first-order valence-corrected chi connectivity index (χ1v) is 8.19. The van der Waals surface area contributed by atoms with Gasteiger partial charge in [0.15, 0.2) is 0 Å². The molecule has 2 rings (SSSR count). The summed E-state index contributed by atoms with van der Waals surface area (Å²) in [6.07, 6.45) is 0. The van der Waals surface area contributed by atoms with E-state index in [1.807, 2.05) is 32.2 Å². The second-order valence-electron chi connectivity index (χ2n) is 4.50. The van der Waals surface area contributed by atoms with Gasteiger partial charge in [0.1, 0.15) is 11.6 Å². The van der Waals surface area contributed by atoms with E-state index in [-0.39, 0.29) is 11.9 Å². The fourth-order valence-electron chi connectivity index (χ4n) is 2.25. The van der Waals surface area contributed by atoms with Crippen LogP contribution in [0.15, 0.2) is 45.3 Å². The molecule has 1 atom stereocenters. The summed E-state index contributed by atoms with van der Waals surface area (Å²) in [7, 11) is 1.87. The number of ether oxygens (including phenoxy) is 1. The van der Waals surface area contributed by atoms with Gasteiger partial charge in [-0.15, -0.1) is 0 Å². The highest BCUT2D eigenvalue weighted by atomic mass is 79.9. The highest BCUT2D eigenvalue weighted by Gasteiger charge is 2.19. The zero-order chi connectivity index (χ0) is 15.4. The standard InChI is InChI=1S/C16H16Br2FNO/c1-3-21-15-7-4-10(17)8-13(15)16(20-2)12-6-5-11(19)9-14(12)18/h4-9,16,20H,3H2,1-2H3. The largest absolute Gasteiger partial charge is 0.494 e. The van der Waals surface area contributed by atoms with Crippen molar-refractivity contribution in [2.75, 3.05) is 13.7 Å². The molecule has 0 saturated heterocycles. The van der Waals surface area contributed by atoms with E-state index in [0.29, 0.717) is 6.61 Å². The fourth-order valence-corrected chi connectivity index (χ4v) is 3.20. The third kappa shape index (κ3) is 3.84. The molecule has 2 nitrogen and oxygen atoms in total. The maximum atomic E-state index is 13.3. The molecular formula is C16H16Br2FNO. The topological polar surface area (TPSA) is 21.3 Å². The van der Waals surface area contributed by atoms with Crippen LogP contribution >= 0.6 is 31.9 Å². The lowest BCUT2D eigenvalue weighted by Crippen LogP contribution is -2.19.